The van der Waals surface area contributed by atoms with E-state index < -0.39 is 0 Å². The van der Waals surface area contributed by atoms with Gasteiger partial charge in [-0.05, 0) is 71.7 Å². The Morgan fingerprint density at radius 3 is 2.52 bits per heavy atom. The van der Waals surface area contributed by atoms with Crippen molar-refractivity contribution in [3.8, 4) is 5.75 Å². The van der Waals surface area contributed by atoms with Gasteiger partial charge in [0.15, 0.2) is 0 Å². The smallest absolute Gasteiger partial charge is 0.126 e. The molecular weight excluding hydrogens is 354 g/mol. The number of ether oxygens (including phenoxy) is 1. The highest BCUT2D eigenvalue weighted by Crippen LogP contribution is 2.27. The monoisotopic (exact) mass is 375 g/mol. The van der Waals surface area contributed by atoms with Crippen molar-refractivity contribution in [2.75, 3.05) is 32.1 Å². The zero-order valence-electron chi connectivity index (χ0n) is 13.3. The lowest BCUT2D eigenvalue weighted by Gasteiger charge is -2.28. The minimum Gasteiger partial charge on any atom is -0.497 e. The summed E-state index contributed by atoms with van der Waals surface area (Å²) in [5, 5.41) is 3.47. The molecule has 1 aliphatic heterocycles. The van der Waals surface area contributed by atoms with Crippen LogP contribution in [-0.2, 0) is 0 Å². The summed E-state index contributed by atoms with van der Waals surface area (Å²) >= 11 is 3.42. The van der Waals surface area contributed by atoms with Crippen molar-refractivity contribution in [1.29, 1.82) is 0 Å². The molecule has 1 aliphatic rings. The molecule has 1 unspecified atom stereocenters. The van der Waals surface area contributed by atoms with Crippen molar-refractivity contribution < 1.29 is 4.74 Å². The molecule has 0 amide bonds. The first kappa shape index (κ1) is 16.3. The highest BCUT2D eigenvalue weighted by atomic mass is 79.9. The number of nitrogens with one attached hydrogen (secondary N) is 1. The Morgan fingerprint density at radius 2 is 1.91 bits per heavy atom. The zero-order chi connectivity index (χ0) is 16.1. The van der Waals surface area contributed by atoms with Crippen molar-refractivity contribution in [1.82, 2.24) is 9.88 Å². The van der Waals surface area contributed by atoms with E-state index in [0.717, 1.165) is 35.7 Å². The molecule has 0 saturated carbocycles. The molecule has 1 atom stereocenters. The topological polar surface area (TPSA) is 37.4 Å². The van der Waals surface area contributed by atoms with Crippen LogP contribution in [0.25, 0.3) is 0 Å². The molecule has 5 heteroatoms. The van der Waals surface area contributed by atoms with Gasteiger partial charge in [0.25, 0.3) is 0 Å². The van der Waals surface area contributed by atoms with Crippen LogP contribution >= 0.6 is 15.9 Å². The first-order valence-corrected chi connectivity index (χ1v) is 8.79. The minimum atomic E-state index is 0.355. The minimum absolute atomic E-state index is 0.355. The van der Waals surface area contributed by atoms with Gasteiger partial charge in [0, 0.05) is 17.2 Å². The number of aromatic nitrogens is 1. The van der Waals surface area contributed by atoms with Crippen LogP contribution in [0.3, 0.4) is 0 Å². The average molecular weight is 376 g/mol. The van der Waals surface area contributed by atoms with Gasteiger partial charge in [0.1, 0.15) is 11.6 Å². The van der Waals surface area contributed by atoms with E-state index in [0.29, 0.717) is 6.04 Å². The fourth-order valence-corrected chi connectivity index (χ4v) is 3.25. The molecule has 2 aromatic rings. The molecule has 0 bridgehead atoms. The number of hydrogen-bond donors (Lipinski definition) is 1. The maximum atomic E-state index is 5.27. The zero-order valence-corrected chi connectivity index (χ0v) is 14.9. The highest BCUT2D eigenvalue weighted by molar-refractivity contribution is 9.10. The van der Waals surface area contributed by atoms with Crippen LogP contribution in [0.4, 0.5) is 5.82 Å². The number of benzene rings is 1. The van der Waals surface area contributed by atoms with Gasteiger partial charge in [-0.2, -0.15) is 0 Å². The highest BCUT2D eigenvalue weighted by Gasteiger charge is 2.23. The van der Waals surface area contributed by atoms with Crippen LogP contribution < -0.4 is 10.1 Å². The first-order chi connectivity index (χ1) is 11.3. The summed E-state index contributed by atoms with van der Waals surface area (Å²) in [6, 6.07) is 12.8. The molecule has 0 radical (unpaired) electrons. The van der Waals surface area contributed by atoms with E-state index in [1.54, 1.807) is 7.11 Å². The van der Waals surface area contributed by atoms with Crippen molar-refractivity contribution in [3.05, 3.63) is 52.6 Å². The van der Waals surface area contributed by atoms with Crippen LogP contribution in [0.2, 0.25) is 0 Å². The second kappa shape index (κ2) is 7.79. The molecule has 1 saturated heterocycles. The number of pyridine rings is 1. The molecule has 0 aliphatic carbocycles. The third-order valence-electron chi connectivity index (χ3n) is 4.29. The summed E-state index contributed by atoms with van der Waals surface area (Å²) in [5.74, 6) is 1.81. The quantitative estimate of drug-likeness (QED) is 0.824. The predicted octanol–water partition coefficient (Wildman–Crippen LogP) is 4.10. The van der Waals surface area contributed by atoms with Gasteiger partial charge in [0.05, 0.1) is 13.2 Å². The Bertz CT molecular complexity index is 609. The van der Waals surface area contributed by atoms with Crippen molar-refractivity contribution in [2.24, 2.45) is 0 Å². The third-order valence-corrected chi connectivity index (χ3v) is 4.76. The molecule has 122 valence electrons. The lowest BCUT2D eigenvalue weighted by atomic mass is 10.1. The number of nitrogens with zero attached hydrogens (tertiary/aromatic N) is 2. The standard InChI is InChI=1S/C18H22BrN3O/c1-23-16-7-4-14(5-8-16)17(22-10-2-3-11-22)13-21-18-9-6-15(19)12-20-18/h4-9,12,17H,2-3,10-11,13H2,1H3,(H,20,21). The van der Waals surface area contributed by atoms with Gasteiger partial charge in [-0.3, -0.25) is 4.90 Å². The van der Waals surface area contributed by atoms with Crippen LogP contribution in [0.1, 0.15) is 24.4 Å². The van der Waals surface area contributed by atoms with E-state index in [-0.39, 0.29) is 0 Å². The first-order valence-electron chi connectivity index (χ1n) is 8.00. The fraction of sp³-hybridized carbons (Fsp3) is 0.389. The van der Waals surface area contributed by atoms with Crippen LogP contribution in [0, 0.1) is 0 Å². The van der Waals surface area contributed by atoms with Gasteiger partial charge in [-0.25, -0.2) is 4.98 Å². The van der Waals surface area contributed by atoms with E-state index >= 15 is 0 Å². The molecule has 3 rings (SSSR count). The Balaban J connectivity index is 1.73. The number of anilines is 1. The number of rotatable bonds is 6. The number of halogens is 1. The Hall–Kier alpha value is -1.59. The normalized spacial score (nSPS) is 16.3. The number of methoxy groups -OCH3 is 1. The molecular formula is C18H22BrN3O. The van der Waals surface area contributed by atoms with Crippen molar-refractivity contribution in [3.63, 3.8) is 0 Å². The Morgan fingerprint density at radius 1 is 1.17 bits per heavy atom. The molecule has 23 heavy (non-hydrogen) atoms. The Kier molecular flexibility index (Phi) is 5.51. The average Bonchev–Trinajstić information content (AvgIpc) is 3.12. The van der Waals surface area contributed by atoms with E-state index in [2.05, 4.69) is 43.3 Å². The van der Waals surface area contributed by atoms with E-state index in [1.165, 1.54) is 18.4 Å². The molecule has 4 nitrogen and oxygen atoms in total. The largest absolute Gasteiger partial charge is 0.497 e. The third kappa shape index (κ3) is 4.24. The summed E-state index contributed by atoms with van der Waals surface area (Å²) in [7, 11) is 1.70. The second-order valence-corrected chi connectivity index (χ2v) is 6.69. The maximum absolute atomic E-state index is 5.27. The maximum Gasteiger partial charge on any atom is 0.126 e. The van der Waals surface area contributed by atoms with Crippen LogP contribution in [-0.4, -0.2) is 36.6 Å². The summed E-state index contributed by atoms with van der Waals surface area (Å²) in [5.41, 5.74) is 1.32. The second-order valence-electron chi connectivity index (χ2n) is 5.77. The van der Waals surface area contributed by atoms with Gasteiger partial charge < -0.3 is 10.1 Å². The van der Waals surface area contributed by atoms with Crippen LogP contribution in [0.5, 0.6) is 5.75 Å². The van der Waals surface area contributed by atoms with Gasteiger partial charge in [-0.15, -0.1) is 0 Å². The number of hydrogen-bond acceptors (Lipinski definition) is 4. The van der Waals surface area contributed by atoms with E-state index in [1.807, 2.05) is 30.5 Å². The predicted molar refractivity (Wildman–Crippen MR) is 97.0 cm³/mol. The van der Waals surface area contributed by atoms with Crippen molar-refractivity contribution >= 4 is 21.7 Å². The van der Waals surface area contributed by atoms with Gasteiger partial charge >= 0.3 is 0 Å². The van der Waals surface area contributed by atoms with E-state index in [4.69, 9.17) is 4.74 Å². The van der Waals surface area contributed by atoms with Crippen LogP contribution in [0.15, 0.2) is 47.1 Å². The summed E-state index contributed by atoms with van der Waals surface area (Å²) in [4.78, 5) is 6.95. The van der Waals surface area contributed by atoms with Gasteiger partial charge in [-0.1, -0.05) is 12.1 Å². The SMILES string of the molecule is COc1ccc(C(CNc2ccc(Br)cn2)N2CCCC2)cc1. The molecule has 1 fully saturated rings. The molecule has 1 aromatic carbocycles. The molecule has 1 aromatic heterocycles. The molecule has 2 heterocycles. The summed E-state index contributed by atoms with van der Waals surface area (Å²) in [6.07, 6.45) is 4.38. The molecule has 1 N–H and O–H groups in total. The lowest BCUT2D eigenvalue weighted by molar-refractivity contribution is 0.255. The summed E-state index contributed by atoms with van der Waals surface area (Å²) < 4.78 is 6.27. The Labute approximate surface area is 146 Å². The lowest BCUT2D eigenvalue weighted by Crippen LogP contribution is -2.31. The fourth-order valence-electron chi connectivity index (χ4n) is 3.02. The summed E-state index contributed by atoms with van der Waals surface area (Å²) in [6.45, 7) is 3.17. The van der Waals surface area contributed by atoms with Gasteiger partial charge in [0.2, 0.25) is 0 Å². The molecule has 0 spiro atoms. The van der Waals surface area contributed by atoms with Crippen molar-refractivity contribution in [2.45, 2.75) is 18.9 Å². The number of likely N-dealkylation sites (tertiary alicyclic amines) is 1. The van der Waals surface area contributed by atoms with E-state index in [9.17, 15) is 0 Å².